The van der Waals surface area contributed by atoms with Crippen LogP contribution in [0.25, 0.3) is 0 Å². The Labute approximate surface area is 270 Å². The van der Waals surface area contributed by atoms with Gasteiger partial charge in [-0.3, -0.25) is 38.6 Å². The van der Waals surface area contributed by atoms with E-state index in [1.54, 1.807) is 13.8 Å². The van der Waals surface area contributed by atoms with E-state index in [0.717, 1.165) is 0 Å². The standard InChI is InChI=1S/C29H43N9O9/c1-15(2)10-19-26(45)34-14-22(40)35-20(11-16-5-7-17(39)8-6-16)27(46)37-18(4-3-9-32-29(30)31)25(44)33-13-23(41)36-21(12-24(42)43)28(47)38-19/h5-8,15,18-21,39H,3-4,9-14H2,1-2H3,(H,33,44)(H,34,45)(H,35,40)(H,36,41)(H,37,46)(H,38,47)(H,42,43)(H4,30,31,32)/t18-,19-,20-,21-/m0/s1. The van der Waals surface area contributed by atoms with Crippen molar-refractivity contribution in [2.45, 2.75) is 70.1 Å². The molecule has 0 bridgehead atoms. The number of nitrogens with two attached hydrogens (primary N) is 2. The Balaban J connectivity index is 2.42. The number of aromatic hydroxyl groups is 1. The van der Waals surface area contributed by atoms with Gasteiger partial charge in [0, 0.05) is 13.0 Å². The summed E-state index contributed by atoms with van der Waals surface area (Å²) in [7, 11) is 0. The first-order chi connectivity index (χ1) is 22.1. The van der Waals surface area contributed by atoms with Crippen molar-refractivity contribution in [3.8, 4) is 5.75 Å². The summed E-state index contributed by atoms with van der Waals surface area (Å²) in [5.74, 6) is -6.68. The van der Waals surface area contributed by atoms with Crippen LogP contribution in [0.2, 0.25) is 0 Å². The maximum absolute atomic E-state index is 13.5. The van der Waals surface area contributed by atoms with E-state index < -0.39 is 85.1 Å². The fourth-order valence-corrected chi connectivity index (χ4v) is 4.55. The molecule has 18 nitrogen and oxygen atoms in total. The summed E-state index contributed by atoms with van der Waals surface area (Å²) in [5.41, 5.74) is 11.3. The van der Waals surface area contributed by atoms with E-state index >= 15 is 0 Å². The second-order valence-electron chi connectivity index (χ2n) is 11.3. The van der Waals surface area contributed by atoms with Gasteiger partial charge in [-0.1, -0.05) is 26.0 Å². The summed E-state index contributed by atoms with van der Waals surface area (Å²) in [5, 5.41) is 33.5. The number of phenols is 1. The number of carbonyl (C=O) groups excluding carboxylic acids is 6. The molecule has 4 atom stereocenters. The molecule has 47 heavy (non-hydrogen) atoms. The molecule has 1 saturated heterocycles. The lowest BCUT2D eigenvalue weighted by Gasteiger charge is -2.25. The van der Waals surface area contributed by atoms with Crippen molar-refractivity contribution in [1.82, 2.24) is 31.9 Å². The Morgan fingerprint density at radius 2 is 1.34 bits per heavy atom. The molecule has 0 unspecified atom stereocenters. The van der Waals surface area contributed by atoms with Crippen LogP contribution in [0.1, 0.15) is 45.1 Å². The summed E-state index contributed by atoms with van der Waals surface area (Å²) in [6, 6.07) is 0.583. The maximum Gasteiger partial charge on any atom is 0.305 e. The Kier molecular flexibility index (Phi) is 14.9. The van der Waals surface area contributed by atoms with Crippen LogP contribution in [0.15, 0.2) is 29.3 Å². The normalized spacial score (nSPS) is 21.9. The predicted octanol–water partition coefficient (Wildman–Crippen LogP) is -3.31. The molecule has 2 rings (SSSR count). The average Bonchev–Trinajstić information content (AvgIpc) is 2.99. The first-order valence-electron chi connectivity index (χ1n) is 14.9. The van der Waals surface area contributed by atoms with Gasteiger partial charge in [-0.05, 0) is 42.9 Å². The van der Waals surface area contributed by atoms with E-state index in [0.29, 0.717) is 5.56 Å². The minimum atomic E-state index is -1.60. The number of nitrogens with one attached hydrogen (secondary N) is 6. The van der Waals surface area contributed by atoms with E-state index in [1.807, 2.05) is 0 Å². The molecule has 18 heteroatoms. The van der Waals surface area contributed by atoms with Crippen LogP contribution in [0.5, 0.6) is 5.75 Å². The van der Waals surface area contributed by atoms with Crippen molar-refractivity contribution in [1.29, 1.82) is 0 Å². The number of hydrogen-bond donors (Lipinski definition) is 10. The molecule has 0 saturated carbocycles. The second-order valence-corrected chi connectivity index (χ2v) is 11.3. The topological polar surface area (TPSA) is 297 Å². The number of nitrogens with zero attached hydrogens (tertiary/aromatic N) is 1. The number of benzene rings is 1. The molecule has 1 aliphatic heterocycles. The fourth-order valence-electron chi connectivity index (χ4n) is 4.55. The van der Waals surface area contributed by atoms with Crippen LogP contribution in [0.4, 0.5) is 0 Å². The third-order valence-electron chi connectivity index (χ3n) is 6.82. The Bertz CT molecular complexity index is 1330. The summed E-state index contributed by atoms with van der Waals surface area (Å²) in [4.78, 5) is 93.8. The molecule has 1 aliphatic rings. The summed E-state index contributed by atoms with van der Waals surface area (Å²) in [6.07, 6.45) is -0.544. The lowest BCUT2D eigenvalue weighted by molar-refractivity contribution is -0.141. The molecule has 258 valence electrons. The van der Waals surface area contributed by atoms with E-state index in [2.05, 4.69) is 36.9 Å². The number of carboxylic acids is 1. The van der Waals surface area contributed by atoms with Gasteiger partial charge in [-0.25, -0.2) is 0 Å². The molecule has 1 fully saturated rings. The Morgan fingerprint density at radius 3 is 1.89 bits per heavy atom. The molecule has 1 aromatic rings. The Hall–Kier alpha value is -5.42. The highest BCUT2D eigenvalue weighted by Crippen LogP contribution is 2.12. The number of aliphatic carboxylic acids is 1. The number of hydrogen-bond acceptors (Lipinski definition) is 9. The lowest BCUT2D eigenvalue weighted by atomic mass is 10.0. The molecule has 1 heterocycles. The fraction of sp³-hybridized carbons (Fsp3) is 0.517. The third kappa shape index (κ3) is 14.0. The molecule has 0 spiro atoms. The van der Waals surface area contributed by atoms with Gasteiger partial charge in [-0.15, -0.1) is 0 Å². The summed E-state index contributed by atoms with van der Waals surface area (Å²) < 4.78 is 0. The average molecular weight is 662 g/mol. The van der Waals surface area contributed by atoms with Crippen LogP contribution in [-0.4, -0.2) is 101 Å². The molecule has 1 aromatic carbocycles. The minimum Gasteiger partial charge on any atom is -0.508 e. The van der Waals surface area contributed by atoms with Crippen LogP contribution in [0.3, 0.4) is 0 Å². The molecule has 12 N–H and O–H groups in total. The largest absolute Gasteiger partial charge is 0.508 e. The highest BCUT2D eigenvalue weighted by molar-refractivity contribution is 5.97. The molecule has 0 aliphatic carbocycles. The van der Waals surface area contributed by atoms with Gasteiger partial charge in [0.15, 0.2) is 5.96 Å². The number of aliphatic imine (C=N–C) groups is 1. The lowest BCUT2D eigenvalue weighted by Crippen LogP contribution is -2.58. The quantitative estimate of drug-likeness (QED) is 0.0673. The number of rotatable bonds is 10. The van der Waals surface area contributed by atoms with Gasteiger partial charge in [0.2, 0.25) is 35.4 Å². The number of carbonyl (C=O) groups is 7. The van der Waals surface area contributed by atoms with Gasteiger partial charge in [-0.2, -0.15) is 0 Å². The number of phenolic OH excluding ortho intramolecular Hbond substituents is 1. The van der Waals surface area contributed by atoms with Gasteiger partial charge in [0.1, 0.15) is 29.9 Å². The van der Waals surface area contributed by atoms with E-state index in [4.69, 9.17) is 11.5 Å². The smallest absolute Gasteiger partial charge is 0.305 e. The highest BCUT2D eigenvalue weighted by atomic mass is 16.4. The van der Waals surface area contributed by atoms with E-state index in [1.165, 1.54) is 24.3 Å². The van der Waals surface area contributed by atoms with Crippen LogP contribution < -0.4 is 43.4 Å². The van der Waals surface area contributed by atoms with Gasteiger partial charge in [0.05, 0.1) is 19.5 Å². The molecule has 6 amide bonds. The molecule has 0 radical (unpaired) electrons. The number of amides is 6. The van der Waals surface area contributed by atoms with Crippen molar-refractivity contribution in [3.63, 3.8) is 0 Å². The SMILES string of the molecule is CC(C)C[C@@H]1NC(=O)[C@H](CC(=O)O)NC(=O)CNC(=O)[C@H](CCCN=C(N)N)NC(=O)[C@H](Cc2ccc(O)cc2)NC(=O)CNC1=O. The van der Waals surface area contributed by atoms with Crippen LogP contribution >= 0.6 is 0 Å². The minimum absolute atomic E-state index is 0.00713. The van der Waals surface area contributed by atoms with Crippen molar-refractivity contribution in [2.75, 3.05) is 19.6 Å². The predicted molar refractivity (Wildman–Crippen MR) is 167 cm³/mol. The first-order valence-corrected chi connectivity index (χ1v) is 14.9. The second kappa shape index (κ2) is 18.5. The van der Waals surface area contributed by atoms with E-state index in [9.17, 15) is 43.8 Å². The van der Waals surface area contributed by atoms with Gasteiger partial charge >= 0.3 is 5.97 Å². The maximum atomic E-state index is 13.5. The van der Waals surface area contributed by atoms with Gasteiger partial charge in [0.25, 0.3) is 0 Å². The monoisotopic (exact) mass is 661 g/mol. The molecular formula is C29H43N9O9. The van der Waals surface area contributed by atoms with Crippen molar-refractivity contribution in [2.24, 2.45) is 22.4 Å². The molecular weight excluding hydrogens is 618 g/mol. The van der Waals surface area contributed by atoms with Crippen molar-refractivity contribution < 1.29 is 43.8 Å². The van der Waals surface area contributed by atoms with Crippen molar-refractivity contribution >= 4 is 47.4 Å². The summed E-state index contributed by atoms with van der Waals surface area (Å²) in [6.45, 7) is 2.38. The number of guanidine groups is 1. The van der Waals surface area contributed by atoms with E-state index in [-0.39, 0.29) is 49.9 Å². The van der Waals surface area contributed by atoms with Crippen LogP contribution in [0, 0.1) is 5.92 Å². The first kappa shape index (κ1) is 37.8. The van der Waals surface area contributed by atoms with Crippen molar-refractivity contribution in [3.05, 3.63) is 29.8 Å². The third-order valence-corrected chi connectivity index (χ3v) is 6.82. The number of carboxylic acid groups (broad SMARTS) is 1. The van der Waals surface area contributed by atoms with Crippen LogP contribution in [-0.2, 0) is 40.0 Å². The zero-order valence-corrected chi connectivity index (χ0v) is 26.2. The zero-order valence-electron chi connectivity index (χ0n) is 26.2. The zero-order chi connectivity index (χ0) is 35.1. The summed E-state index contributed by atoms with van der Waals surface area (Å²) >= 11 is 0. The highest BCUT2D eigenvalue weighted by Gasteiger charge is 2.31. The Morgan fingerprint density at radius 1 is 0.809 bits per heavy atom. The van der Waals surface area contributed by atoms with Gasteiger partial charge < -0.3 is 53.6 Å². The molecule has 0 aromatic heterocycles.